The number of alkyl halides is 3. The lowest BCUT2D eigenvalue weighted by atomic mass is 10.1. The molecule has 1 heterocycles. The van der Waals surface area contributed by atoms with E-state index in [0.717, 1.165) is 12.1 Å². The van der Waals surface area contributed by atoms with E-state index in [1.807, 2.05) is 11.0 Å². The maximum atomic E-state index is 12.9. The zero-order valence-electron chi connectivity index (χ0n) is 13.8. The van der Waals surface area contributed by atoms with E-state index in [4.69, 9.17) is 5.26 Å². The molecule has 0 unspecified atom stereocenters. The van der Waals surface area contributed by atoms with Gasteiger partial charge in [-0.1, -0.05) is 6.07 Å². The molecule has 26 heavy (non-hydrogen) atoms. The van der Waals surface area contributed by atoms with Crippen molar-refractivity contribution in [1.82, 2.24) is 4.90 Å². The van der Waals surface area contributed by atoms with Gasteiger partial charge in [0.15, 0.2) is 0 Å². The molecular formula is C19H16F3N3O. The highest BCUT2D eigenvalue weighted by Gasteiger charge is 2.31. The van der Waals surface area contributed by atoms with Gasteiger partial charge in [-0.15, -0.1) is 0 Å². The Morgan fingerprint density at radius 3 is 2.23 bits per heavy atom. The molecule has 1 aliphatic rings. The van der Waals surface area contributed by atoms with E-state index >= 15 is 0 Å². The van der Waals surface area contributed by atoms with Crippen molar-refractivity contribution >= 4 is 11.6 Å². The predicted octanol–water partition coefficient (Wildman–Crippen LogP) is 3.54. The Hall–Kier alpha value is -3.01. The molecule has 0 aromatic heterocycles. The summed E-state index contributed by atoms with van der Waals surface area (Å²) in [5.74, 6) is -0.141. The Kier molecular flexibility index (Phi) is 4.85. The van der Waals surface area contributed by atoms with Crippen LogP contribution in [0.3, 0.4) is 0 Å². The zero-order valence-corrected chi connectivity index (χ0v) is 13.8. The molecule has 7 heteroatoms. The van der Waals surface area contributed by atoms with Gasteiger partial charge < -0.3 is 9.80 Å². The van der Waals surface area contributed by atoms with E-state index in [2.05, 4.69) is 0 Å². The van der Waals surface area contributed by atoms with Crippen LogP contribution in [0.15, 0.2) is 48.5 Å². The van der Waals surface area contributed by atoms with Crippen LogP contribution in [0.25, 0.3) is 0 Å². The first-order valence-corrected chi connectivity index (χ1v) is 8.10. The van der Waals surface area contributed by atoms with Gasteiger partial charge in [0.2, 0.25) is 0 Å². The molecule has 1 amide bonds. The molecule has 0 radical (unpaired) electrons. The molecule has 0 bridgehead atoms. The van der Waals surface area contributed by atoms with E-state index in [-0.39, 0.29) is 5.91 Å². The highest BCUT2D eigenvalue weighted by Crippen LogP contribution is 2.31. The van der Waals surface area contributed by atoms with Crippen LogP contribution in [0.1, 0.15) is 21.5 Å². The van der Waals surface area contributed by atoms with Crippen LogP contribution in [0, 0.1) is 11.3 Å². The Morgan fingerprint density at radius 1 is 1.00 bits per heavy atom. The van der Waals surface area contributed by atoms with Crippen molar-refractivity contribution in [3.8, 4) is 6.07 Å². The lowest BCUT2D eigenvalue weighted by Gasteiger charge is -2.36. The summed E-state index contributed by atoms with van der Waals surface area (Å²) in [7, 11) is 0. The van der Waals surface area contributed by atoms with Crippen molar-refractivity contribution in [2.75, 3.05) is 31.1 Å². The standard InChI is InChI=1S/C19H16F3N3O/c20-19(21,22)16-2-1-3-17(12-16)24-8-10-25(11-9-24)18(26)15-6-4-14(13-23)5-7-15/h1-7,12H,8-11H2. The van der Waals surface area contributed by atoms with Crippen LogP contribution in [-0.4, -0.2) is 37.0 Å². The maximum Gasteiger partial charge on any atom is 0.416 e. The minimum atomic E-state index is -4.37. The molecule has 2 aromatic carbocycles. The fraction of sp³-hybridized carbons (Fsp3) is 0.263. The molecule has 134 valence electrons. The van der Waals surface area contributed by atoms with Crippen molar-refractivity contribution < 1.29 is 18.0 Å². The summed E-state index contributed by atoms with van der Waals surface area (Å²) in [5.41, 5.74) is 0.809. The predicted molar refractivity (Wildman–Crippen MR) is 90.7 cm³/mol. The van der Waals surface area contributed by atoms with Crippen LogP contribution in [0.5, 0.6) is 0 Å². The highest BCUT2D eigenvalue weighted by molar-refractivity contribution is 5.94. The quantitative estimate of drug-likeness (QED) is 0.824. The van der Waals surface area contributed by atoms with Crippen molar-refractivity contribution in [3.05, 3.63) is 65.2 Å². The maximum absolute atomic E-state index is 12.9. The first-order valence-electron chi connectivity index (χ1n) is 8.10. The molecule has 3 rings (SSSR count). The smallest absolute Gasteiger partial charge is 0.368 e. The monoisotopic (exact) mass is 359 g/mol. The summed E-state index contributed by atoms with van der Waals surface area (Å²) >= 11 is 0. The molecular weight excluding hydrogens is 343 g/mol. The molecule has 1 aliphatic heterocycles. The van der Waals surface area contributed by atoms with Crippen molar-refractivity contribution in [1.29, 1.82) is 5.26 Å². The summed E-state index contributed by atoms with van der Waals surface area (Å²) in [6.07, 6.45) is -4.37. The Balaban J connectivity index is 1.65. The molecule has 4 nitrogen and oxygen atoms in total. The number of nitriles is 1. The topological polar surface area (TPSA) is 47.3 Å². The molecule has 0 spiro atoms. The fourth-order valence-corrected chi connectivity index (χ4v) is 2.92. The summed E-state index contributed by atoms with van der Waals surface area (Å²) in [5, 5.41) is 8.80. The fourth-order valence-electron chi connectivity index (χ4n) is 2.92. The lowest BCUT2D eigenvalue weighted by molar-refractivity contribution is -0.137. The Bertz CT molecular complexity index is 832. The van der Waals surface area contributed by atoms with Gasteiger partial charge in [-0.3, -0.25) is 4.79 Å². The van der Waals surface area contributed by atoms with Gasteiger partial charge in [0.25, 0.3) is 5.91 Å². The van der Waals surface area contributed by atoms with E-state index < -0.39 is 11.7 Å². The minimum absolute atomic E-state index is 0.141. The number of hydrogen-bond donors (Lipinski definition) is 0. The van der Waals surface area contributed by atoms with E-state index in [0.29, 0.717) is 43.0 Å². The molecule has 2 aromatic rings. The molecule has 0 N–H and O–H groups in total. The molecule has 1 fully saturated rings. The third kappa shape index (κ3) is 3.80. The third-order valence-electron chi connectivity index (χ3n) is 4.37. The van der Waals surface area contributed by atoms with Gasteiger partial charge >= 0.3 is 6.18 Å². The average molecular weight is 359 g/mol. The average Bonchev–Trinajstić information content (AvgIpc) is 2.67. The minimum Gasteiger partial charge on any atom is -0.368 e. The lowest BCUT2D eigenvalue weighted by Crippen LogP contribution is -2.48. The number of rotatable bonds is 2. The van der Waals surface area contributed by atoms with Gasteiger partial charge in [0, 0.05) is 37.4 Å². The molecule has 0 aliphatic carbocycles. The normalized spacial score (nSPS) is 14.8. The van der Waals surface area contributed by atoms with Crippen LogP contribution in [0.2, 0.25) is 0 Å². The van der Waals surface area contributed by atoms with Crippen LogP contribution >= 0.6 is 0 Å². The first kappa shape index (κ1) is 17.8. The summed E-state index contributed by atoms with van der Waals surface area (Å²) in [6.45, 7) is 1.77. The number of carbonyl (C=O) groups excluding carboxylic acids is 1. The van der Waals surface area contributed by atoms with Crippen molar-refractivity contribution in [2.45, 2.75) is 6.18 Å². The van der Waals surface area contributed by atoms with Crippen LogP contribution in [0.4, 0.5) is 18.9 Å². The number of hydrogen-bond acceptors (Lipinski definition) is 3. The number of anilines is 1. The van der Waals surface area contributed by atoms with Crippen LogP contribution in [-0.2, 0) is 6.18 Å². The number of nitrogens with zero attached hydrogens (tertiary/aromatic N) is 3. The number of piperazine rings is 1. The van der Waals surface area contributed by atoms with E-state index in [1.54, 1.807) is 35.2 Å². The number of amides is 1. The second kappa shape index (κ2) is 7.08. The second-order valence-corrected chi connectivity index (χ2v) is 6.02. The number of halogens is 3. The summed E-state index contributed by atoms with van der Waals surface area (Å²) in [4.78, 5) is 16.0. The van der Waals surface area contributed by atoms with Gasteiger partial charge in [-0.25, -0.2) is 0 Å². The van der Waals surface area contributed by atoms with E-state index in [1.165, 1.54) is 6.07 Å². The largest absolute Gasteiger partial charge is 0.416 e. The van der Waals surface area contributed by atoms with Crippen molar-refractivity contribution in [3.63, 3.8) is 0 Å². The van der Waals surface area contributed by atoms with E-state index in [9.17, 15) is 18.0 Å². The van der Waals surface area contributed by atoms with Gasteiger partial charge in [-0.05, 0) is 42.5 Å². The Morgan fingerprint density at radius 2 is 1.65 bits per heavy atom. The van der Waals surface area contributed by atoms with Crippen molar-refractivity contribution in [2.24, 2.45) is 0 Å². The summed E-state index contributed by atoms with van der Waals surface area (Å²) < 4.78 is 38.6. The zero-order chi connectivity index (χ0) is 18.7. The third-order valence-corrected chi connectivity index (χ3v) is 4.37. The van der Waals surface area contributed by atoms with Gasteiger partial charge in [-0.2, -0.15) is 18.4 Å². The van der Waals surface area contributed by atoms with Gasteiger partial charge in [0.1, 0.15) is 0 Å². The van der Waals surface area contributed by atoms with Gasteiger partial charge in [0.05, 0.1) is 17.2 Å². The van der Waals surface area contributed by atoms with Crippen LogP contribution < -0.4 is 4.90 Å². The number of benzene rings is 2. The SMILES string of the molecule is N#Cc1ccc(C(=O)N2CCN(c3cccc(C(F)(F)F)c3)CC2)cc1. The molecule has 0 atom stereocenters. The number of carbonyl (C=O) groups is 1. The second-order valence-electron chi connectivity index (χ2n) is 6.02. The highest BCUT2D eigenvalue weighted by atomic mass is 19.4. The molecule has 0 saturated carbocycles. The molecule has 1 saturated heterocycles. The Labute approximate surface area is 149 Å². The summed E-state index contributed by atoms with van der Waals surface area (Å²) in [6, 6.07) is 13.6. The first-order chi connectivity index (χ1) is 12.4.